The van der Waals surface area contributed by atoms with Gasteiger partial charge >= 0.3 is 5.69 Å². The standard InChI is InChI=1S/C21H27N3O3/c1-20(2,3)14-10-8-13(9-11-14)17-16-15(12-24(17)21(4,5)27)22(6)19(26)23(7)18(16)25/h8-12,27H,1-7H3. The van der Waals surface area contributed by atoms with Crippen molar-refractivity contribution in [1.29, 1.82) is 0 Å². The van der Waals surface area contributed by atoms with Crippen LogP contribution in [0.5, 0.6) is 0 Å². The topological polar surface area (TPSA) is 69.2 Å². The minimum Gasteiger partial charge on any atom is -0.371 e. The number of nitrogens with zero attached hydrogens (tertiary/aromatic N) is 3. The highest BCUT2D eigenvalue weighted by atomic mass is 16.3. The van der Waals surface area contributed by atoms with Gasteiger partial charge in [0.25, 0.3) is 5.56 Å². The van der Waals surface area contributed by atoms with Crippen LogP contribution in [0.25, 0.3) is 22.2 Å². The number of aromatic nitrogens is 3. The molecule has 0 aliphatic heterocycles. The van der Waals surface area contributed by atoms with E-state index in [0.29, 0.717) is 16.6 Å². The maximum absolute atomic E-state index is 12.9. The van der Waals surface area contributed by atoms with E-state index in [4.69, 9.17) is 0 Å². The summed E-state index contributed by atoms with van der Waals surface area (Å²) in [4.78, 5) is 25.2. The van der Waals surface area contributed by atoms with Crippen molar-refractivity contribution in [1.82, 2.24) is 13.7 Å². The molecule has 0 aliphatic carbocycles. The van der Waals surface area contributed by atoms with Crippen LogP contribution in [0, 0.1) is 0 Å². The predicted molar refractivity (Wildman–Crippen MR) is 108 cm³/mol. The fourth-order valence-corrected chi connectivity index (χ4v) is 3.38. The maximum atomic E-state index is 12.9. The summed E-state index contributed by atoms with van der Waals surface area (Å²) in [5.74, 6) is 0. The van der Waals surface area contributed by atoms with E-state index >= 15 is 0 Å². The van der Waals surface area contributed by atoms with Gasteiger partial charge in [0.05, 0.1) is 16.6 Å². The lowest BCUT2D eigenvalue weighted by molar-refractivity contribution is 0.00398. The Morgan fingerprint density at radius 2 is 1.44 bits per heavy atom. The molecule has 1 aromatic carbocycles. The monoisotopic (exact) mass is 369 g/mol. The van der Waals surface area contributed by atoms with Crippen LogP contribution < -0.4 is 11.2 Å². The van der Waals surface area contributed by atoms with Crippen LogP contribution in [0.4, 0.5) is 0 Å². The number of fused-ring (bicyclic) bond motifs is 1. The molecule has 6 heteroatoms. The first-order chi connectivity index (χ1) is 12.3. The van der Waals surface area contributed by atoms with E-state index in [2.05, 4.69) is 20.8 Å². The van der Waals surface area contributed by atoms with Crippen LogP contribution in [0.1, 0.15) is 40.2 Å². The van der Waals surface area contributed by atoms with Crippen LogP contribution >= 0.6 is 0 Å². The van der Waals surface area contributed by atoms with E-state index in [1.54, 1.807) is 31.7 Å². The minimum absolute atomic E-state index is 0.0128. The highest BCUT2D eigenvalue weighted by molar-refractivity contribution is 5.93. The first-order valence-electron chi connectivity index (χ1n) is 8.99. The second-order valence-electron chi connectivity index (χ2n) is 8.64. The van der Waals surface area contributed by atoms with Crippen molar-refractivity contribution in [2.75, 3.05) is 0 Å². The van der Waals surface area contributed by atoms with Gasteiger partial charge in [0, 0.05) is 20.3 Å². The lowest BCUT2D eigenvalue weighted by Gasteiger charge is -2.24. The molecule has 0 radical (unpaired) electrons. The van der Waals surface area contributed by atoms with E-state index in [-0.39, 0.29) is 11.0 Å². The number of benzene rings is 1. The normalized spacial score (nSPS) is 12.7. The van der Waals surface area contributed by atoms with Crippen molar-refractivity contribution in [3.05, 3.63) is 56.9 Å². The number of hydrogen-bond acceptors (Lipinski definition) is 3. The van der Waals surface area contributed by atoms with Crippen LogP contribution in [0.2, 0.25) is 0 Å². The van der Waals surface area contributed by atoms with Crippen LogP contribution in [-0.4, -0.2) is 18.8 Å². The Bertz CT molecular complexity index is 1130. The molecule has 0 fully saturated rings. The lowest BCUT2D eigenvalue weighted by atomic mass is 9.86. The Morgan fingerprint density at radius 1 is 0.889 bits per heavy atom. The average molecular weight is 369 g/mol. The van der Waals surface area contributed by atoms with Gasteiger partial charge in [-0.15, -0.1) is 0 Å². The molecule has 2 heterocycles. The van der Waals surface area contributed by atoms with Gasteiger partial charge in [-0.2, -0.15) is 0 Å². The van der Waals surface area contributed by atoms with E-state index < -0.39 is 11.4 Å². The van der Waals surface area contributed by atoms with Crippen molar-refractivity contribution >= 4 is 10.9 Å². The molecule has 0 bridgehead atoms. The minimum atomic E-state index is -1.24. The first kappa shape index (κ1) is 19.2. The third kappa shape index (κ3) is 3.04. The summed E-state index contributed by atoms with van der Waals surface area (Å²) in [6.45, 7) is 9.73. The van der Waals surface area contributed by atoms with Crippen molar-refractivity contribution in [2.45, 2.75) is 45.8 Å². The zero-order chi connectivity index (χ0) is 20.3. The molecule has 0 amide bonds. The first-order valence-corrected chi connectivity index (χ1v) is 8.99. The molecule has 1 N–H and O–H groups in total. The molecule has 144 valence electrons. The quantitative estimate of drug-likeness (QED) is 0.755. The van der Waals surface area contributed by atoms with Crippen LogP contribution in [-0.2, 0) is 25.2 Å². The van der Waals surface area contributed by atoms with E-state index in [9.17, 15) is 14.7 Å². The van der Waals surface area contributed by atoms with Gasteiger partial charge in [-0.25, -0.2) is 4.79 Å². The fraction of sp³-hybridized carbons (Fsp3) is 0.429. The van der Waals surface area contributed by atoms with Gasteiger partial charge in [-0.1, -0.05) is 45.0 Å². The Kier molecular flexibility index (Phi) is 4.23. The van der Waals surface area contributed by atoms with Gasteiger partial charge in [0.15, 0.2) is 0 Å². The zero-order valence-electron chi connectivity index (χ0n) is 17.0. The molecular weight excluding hydrogens is 342 g/mol. The zero-order valence-corrected chi connectivity index (χ0v) is 17.0. The molecule has 0 unspecified atom stereocenters. The molecule has 0 saturated heterocycles. The number of aryl methyl sites for hydroxylation is 1. The van der Waals surface area contributed by atoms with Gasteiger partial charge in [0.1, 0.15) is 5.72 Å². The third-order valence-electron chi connectivity index (χ3n) is 5.05. The molecule has 2 aromatic heterocycles. The Labute approximate surface area is 158 Å². The second-order valence-corrected chi connectivity index (χ2v) is 8.64. The van der Waals surface area contributed by atoms with Gasteiger partial charge in [-0.05, 0) is 30.4 Å². The van der Waals surface area contributed by atoms with E-state index in [1.165, 1.54) is 17.2 Å². The lowest BCUT2D eigenvalue weighted by Crippen LogP contribution is -2.36. The molecule has 6 nitrogen and oxygen atoms in total. The number of rotatable bonds is 2. The molecule has 3 rings (SSSR count). The molecule has 0 saturated carbocycles. The van der Waals surface area contributed by atoms with Crippen LogP contribution in [0.15, 0.2) is 40.1 Å². The summed E-state index contributed by atoms with van der Waals surface area (Å²) in [6, 6.07) is 7.99. The SMILES string of the molecule is Cn1c(=O)c2c(-c3ccc(C(C)(C)C)cc3)n(C(C)(C)O)cc2n(C)c1=O. The summed E-state index contributed by atoms with van der Waals surface area (Å²) in [7, 11) is 3.10. The largest absolute Gasteiger partial charge is 0.371 e. The van der Waals surface area contributed by atoms with Crippen molar-refractivity contribution in [3.63, 3.8) is 0 Å². The Balaban J connectivity index is 2.44. The molecule has 27 heavy (non-hydrogen) atoms. The summed E-state index contributed by atoms with van der Waals surface area (Å²) in [5, 5.41) is 11.1. The Hall–Kier alpha value is -2.60. The molecule has 0 spiro atoms. The maximum Gasteiger partial charge on any atom is 0.330 e. The van der Waals surface area contributed by atoms with Gasteiger partial charge in [0.2, 0.25) is 0 Å². The highest BCUT2D eigenvalue weighted by Gasteiger charge is 2.26. The van der Waals surface area contributed by atoms with Gasteiger partial charge < -0.3 is 9.67 Å². The summed E-state index contributed by atoms with van der Waals surface area (Å²) >= 11 is 0. The van der Waals surface area contributed by atoms with E-state index in [0.717, 1.165) is 10.1 Å². The predicted octanol–water partition coefficient (Wildman–Crippen LogP) is 2.69. The average Bonchev–Trinajstić information content (AvgIpc) is 2.98. The van der Waals surface area contributed by atoms with Gasteiger partial charge in [-0.3, -0.25) is 13.9 Å². The summed E-state index contributed by atoms with van der Waals surface area (Å²) in [6.07, 6.45) is 1.67. The molecule has 0 aliphatic rings. The molecule has 3 aromatic rings. The second kappa shape index (κ2) is 5.96. The Morgan fingerprint density at radius 3 is 1.93 bits per heavy atom. The summed E-state index contributed by atoms with van der Waals surface area (Å²) < 4.78 is 4.20. The molecule has 0 atom stereocenters. The van der Waals surface area contributed by atoms with Crippen molar-refractivity contribution < 1.29 is 5.11 Å². The number of hydrogen-bond donors (Lipinski definition) is 1. The van der Waals surface area contributed by atoms with Crippen molar-refractivity contribution in [3.8, 4) is 11.3 Å². The number of aliphatic hydroxyl groups is 1. The highest BCUT2D eigenvalue weighted by Crippen LogP contribution is 2.33. The third-order valence-corrected chi connectivity index (χ3v) is 5.05. The van der Waals surface area contributed by atoms with Crippen LogP contribution in [0.3, 0.4) is 0 Å². The molecular formula is C21H27N3O3. The summed E-state index contributed by atoms with van der Waals surface area (Å²) in [5.41, 5.74) is 1.11. The van der Waals surface area contributed by atoms with E-state index in [1.807, 2.05) is 24.3 Å². The fourth-order valence-electron chi connectivity index (χ4n) is 3.38. The smallest absolute Gasteiger partial charge is 0.330 e. The van der Waals surface area contributed by atoms with Crippen molar-refractivity contribution in [2.24, 2.45) is 14.1 Å².